The van der Waals surface area contributed by atoms with Gasteiger partial charge in [-0.2, -0.15) is 4.72 Å². The number of alkyl carbamates (subject to hydrolysis) is 1. The third-order valence-corrected chi connectivity index (χ3v) is 8.35. The van der Waals surface area contributed by atoms with Gasteiger partial charge in [0.1, 0.15) is 18.3 Å². The van der Waals surface area contributed by atoms with Crippen molar-refractivity contribution in [1.29, 1.82) is 0 Å². The van der Waals surface area contributed by atoms with Crippen molar-refractivity contribution in [2.45, 2.75) is 50.0 Å². The first-order chi connectivity index (χ1) is 24.4. The van der Waals surface area contributed by atoms with E-state index in [1.807, 2.05) is 0 Å². The molecule has 1 amide bonds. The van der Waals surface area contributed by atoms with Crippen LogP contribution in [0.1, 0.15) is 36.0 Å². The van der Waals surface area contributed by atoms with Gasteiger partial charge in [-0.05, 0) is 43.0 Å². The fourth-order valence-electron chi connectivity index (χ4n) is 4.27. The highest BCUT2D eigenvalue weighted by molar-refractivity contribution is 7.89. The first kappa shape index (κ1) is 39.8. The fraction of sp³-hybridized carbons (Fsp3) is 0.314. The maximum absolute atomic E-state index is 12.9. The van der Waals surface area contributed by atoms with Crippen molar-refractivity contribution in [3.05, 3.63) is 102 Å². The van der Waals surface area contributed by atoms with E-state index in [1.54, 1.807) is 79.7 Å². The van der Waals surface area contributed by atoms with Crippen LogP contribution in [-0.2, 0) is 65.7 Å². The molecule has 0 spiro atoms. The van der Waals surface area contributed by atoms with Crippen molar-refractivity contribution in [3.8, 4) is 0 Å². The highest BCUT2D eigenvalue weighted by Gasteiger charge is 2.26. The lowest BCUT2D eigenvalue weighted by Gasteiger charge is -2.16. The highest BCUT2D eigenvalue weighted by atomic mass is 32.2. The van der Waals surface area contributed by atoms with E-state index in [1.165, 1.54) is 12.1 Å². The van der Waals surface area contributed by atoms with Crippen LogP contribution in [-0.4, -0.2) is 77.5 Å². The summed E-state index contributed by atoms with van der Waals surface area (Å²) in [4.78, 5) is 65.7. The Morgan fingerprint density at radius 2 is 1.25 bits per heavy atom. The maximum Gasteiger partial charge on any atom is 0.415 e. The lowest BCUT2D eigenvalue weighted by atomic mass is 10.2. The molecule has 2 N–H and O–H groups in total. The number of nitrogens with zero attached hydrogens (tertiary/aromatic N) is 1. The van der Waals surface area contributed by atoms with E-state index in [9.17, 15) is 32.4 Å². The largest absolute Gasteiger partial charge is 0.468 e. The Bertz CT molecular complexity index is 1670. The number of amidine groups is 1. The number of aryl methyl sites for hydroxylation is 1. The van der Waals surface area contributed by atoms with Crippen molar-refractivity contribution >= 4 is 45.8 Å². The Hall–Kier alpha value is -5.61. The van der Waals surface area contributed by atoms with Crippen LogP contribution in [0.5, 0.6) is 0 Å². The van der Waals surface area contributed by atoms with Gasteiger partial charge in [0.2, 0.25) is 23.6 Å². The number of ether oxygens (including phenoxy) is 5. The van der Waals surface area contributed by atoms with Crippen LogP contribution >= 0.6 is 0 Å². The maximum atomic E-state index is 12.9. The lowest BCUT2D eigenvalue weighted by molar-refractivity contribution is -0.166. The van der Waals surface area contributed by atoms with Gasteiger partial charge in [-0.15, -0.1) is 0 Å². The molecular weight excluding hydrogens is 686 g/mol. The summed E-state index contributed by atoms with van der Waals surface area (Å²) in [5, 5.41) is 2.28. The summed E-state index contributed by atoms with van der Waals surface area (Å²) in [6, 6.07) is 22.3. The molecule has 0 aromatic heterocycles. The van der Waals surface area contributed by atoms with Crippen LogP contribution in [0.15, 0.2) is 94.8 Å². The van der Waals surface area contributed by atoms with Crippen molar-refractivity contribution < 1.29 is 56.1 Å². The molecule has 15 nitrogen and oxygen atoms in total. The topological polar surface area (TPSA) is 202 Å². The zero-order valence-electron chi connectivity index (χ0n) is 28.1. The summed E-state index contributed by atoms with van der Waals surface area (Å²) in [6.07, 6.45) is -1.75. The molecule has 0 aliphatic heterocycles. The van der Waals surface area contributed by atoms with E-state index >= 15 is 0 Å². The zero-order chi connectivity index (χ0) is 37.1. The molecule has 3 aromatic rings. The second kappa shape index (κ2) is 20.8. The highest BCUT2D eigenvalue weighted by Crippen LogP contribution is 2.13. The minimum Gasteiger partial charge on any atom is -0.468 e. The van der Waals surface area contributed by atoms with Gasteiger partial charge in [0.05, 0.1) is 24.8 Å². The molecule has 51 heavy (non-hydrogen) atoms. The number of hydrogen-bond acceptors (Lipinski definition) is 13. The van der Waals surface area contributed by atoms with Gasteiger partial charge < -0.3 is 23.7 Å². The number of hydrogen-bond donors (Lipinski definition) is 2. The van der Waals surface area contributed by atoms with Gasteiger partial charge in [-0.3, -0.25) is 29.5 Å². The molecule has 0 heterocycles. The van der Waals surface area contributed by atoms with Crippen LogP contribution in [0.4, 0.5) is 4.79 Å². The Kier molecular flexibility index (Phi) is 16.2. The number of rotatable bonds is 18. The summed E-state index contributed by atoms with van der Waals surface area (Å²) < 4.78 is 52.6. The minimum atomic E-state index is -4.08. The number of esters is 4. The summed E-state index contributed by atoms with van der Waals surface area (Å²) in [5.41, 5.74) is 2.25. The molecule has 0 bridgehead atoms. The second-order valence-electron chi connectivity index (χ2n) is 10.8. The lowest BCUT2D eigenvalue weighted by Crippen LogP contribution is -2.41. The van der Waals surface area contributed by atoms with Crippen LogP contribution < -0.4 is 10.0 Å². The zero-order valence-corrected chi connectivity index (χ0v) is 28.9. The molecule has 0 aliphatic rings. The molecule has 3 aromatic carbocycles. The Morgan fingerprint density at radius 1 is 0.725 bits per heavy atom. The van der Waals surface area contributed by atoms with E-state index in [0.29, 0.717) is 11.1 Å². The van der Waals surface area contributed by atoms with Crippen molar-refractivity contribution in [2.75, 3.05) is 27.2 Å². The number of carbonyl (C=O) groups is 5. The number of sulfonamides is 1. The van der Waals surface area contributed by atoms with E-state index < -0.39 is 66.0 Å². The molecule has 0 saturated heterocycles. The number of benzene rings is 3. The molecule has 1 atom stereocenters. The van der Waals surface area contributed by atoms with Crippen molar-refractivity contribution in [2.24, 2.45) is 4.99 Å². The smallest absolute Gasteiger partial charge is 0.415 e. The van der Waals surface area contributed by atoms with Gasteiger partial charge in [-0.1, -0.05) is 78.4 Å². The number of carbonyl (C=O) groups excluding carboxylic acids is 5. The predicted molar refractivity (Wildman–Crippen MR) is 181 cm³/mol. The number of amides is 1. The van der Waals surface area contributed by atoms with E-state index in [0.717, 1.165) is 12.7 Å². The first-order valence-corrected chi connectivity index (χ1v) is 17.1. The Labute approximate surface area is 295 Å². The molecule has 16 heteroatoms. The normalized spacial score (nSPS) is 11.8. The van der Waals surface area contributed by atoms with Gasteiger partial charge in [0.25, 0.3) is 0 Å². The third-order valence-electron chi connectivity index (χ3n) is 6.86. The number of methoxy groups -OCH3 is 1. The molecule has 0 saturated carbocycles. The van der Waals surface area contributed by atoms with E-state index in [-0.39, 0.29) is 43.0 Å². The molecule has 272 valence electrons. The van der Waals surface area contributed by atoms with Crippen LogP contribution in [0, 0.1) is 6.92 Å². The average Bonchev–Trinajstić information content (AvgIpc) is 3.10. The van der Waals surface area contributed by atoms with Gasteiger partial charge in [0, 0.05) is 6.54 Å². The van der Waals surface area contributed by atoms with Crippen LogP contribution in [0.2, 0.25) is 0 Å². The second-order valence-corrected chi connectivity index (χ2v) is 12.5. The average molecular weight is 726 g/mol. The summed E-state index contributed by atoms with van der Waals surface area (Å²) in [6.45, 7) is 0.283. The van der Waals surface area contributed by atoms with Gasteiger partial charge >= 0.3 is 30.0 Å². The standard InChI is InChI=1S/C35H39N3O12S/c1-25-15-17-28(18-16-25)51(44,45)38-29(34(42)46-2)14-9-19-36-30(22-33(41)48-23-47-31(39)20-26-10-5-3-6-11-26)37-35(43)50-24-49-32(40)21-27-12-7-4-8-13-27/h3-8,10-13,15-18,29,38H,9,14,19-24H2,1-2H3,(H,36,37,43)/t29-/m0/s1. The minimum absolute atomic E-state index is 0.0395. The molecule has 0 radical (unpaired) electrons. The number of aliphatic imine (C=N–C) groups is 1. The van der Waals surface area contributed by atoms with Gasteiger partial charge in [0.15, 0.2) is 0 Å². The molecule has 0 fully saturated rings. The van der Waals surface area contributed by atoms with Crippen LogP contribution in [0.3, 0.4) is 0 Å². The first-order valence-electron chi connectivity index (χ1n) is 15.6. The predicted octanol–water partition coefficient (Wildman–Crippen LogP) is 3.14. The Morgan fingerprint density at radius 3 is 1.80 bits per heavy atom. The summed E-state index contributed by atoms with van der Waals surface area (Å²) in [7, 11) is -2.96. The third kappa shape index (κ3) is 15.2. The van der Waals surface area contributed by atoms with E-state index in [2.05, 4.69) is 15.0 Å². The summed E-state index contributed by atoms with van der Waals surface area (Å²) in [5.74, 6) is -3.26. The fourth-order valence-corrected chi connectivity index (χ4v) is 5.49. The molecular formula is C35H39N3O12S. The van der Waals surface area contributed by atoms with Gasteiger partial charge in [-0.25, -0.2) is 13.2 Å². The molecule has 0 aliphatic carbocycles. The molecule has 3 rings (SSSR count). The van der Waals surface area contributed by atoms with Crippen molar-refractivity contribution in [3.63, 3.8) is 0 Å². The Balaban J connectivity index is 1.57. The SMILES string of the molecule is COC(=O)[C@H](CCCN=C(CC(=O)OCOC(=O)Cc1ccccc1)NC(=O)OCOC(=O)Cc1ccccc1)NS(=O)(=O)c1ccc(C)cc1. The van der Waals surface area contributed by atoms with E-state index in [4.69, 9.17) is 23.7 Å². The quantitative estimate of drug-likeness (QED) is 0.0485. The van der Waals surface area contributed by atoms with Crippen LogP contribution in [0.25, 0.3) is 0 Å². The van der Waals surface area contributed by atoms with Crippen molar-refractivity contribution in [1.82, 2.24) is 10.0 Å². The molecule has 0 unspecified atom stereocenters. The monoisotopic (exact) mass is 725 g/mol. The number of nitrogens with one attached hydrogen (secondary N) is 2. The summed E-state index contributed by atoms with van der Waals surface area (Å²) >= 11 is 0.